The smallest absolute Gasteiger partial charge is 0.309 e. The summed E-state index contributed by atoms with van der Waals surface area (Å²) in [5.41, 5.74) is 2.74. The molecule has 1 aliphatic heterocycles. The Morgan fingerprint density at radius 2 is 1.88 bits per heavy atom. The van der Waals surface area contributed by atoms with Gasteiger partial charge in [-0.15, -0.1) is 11.3 Å². The molecule has 1 aromatic heterocycles. The van der Waals surface area contributed by atoms with E-state index in [9.17, 15) is 9.59 Å². The lowest BCUT2D eigenvalue weighted by molar-refractivity contribution is -0.139. The number of nitrogens with zero attached hydrogens (tertiary/aromatic N) is 1. The quantitative estimate of drug-likeness (QED) is 0.767. The zero-order chi connectivity index (χ0) is 18.4. The van der Waals surface area contributed by atoms with Crippen LogP contribution in [0.2, 0.25) is 0 Å². The first-order valence-corrected chi connectivity index (χ1v) is 9.97. The normalized spacial score (nSPS) is 15.1. The molecule has 2 N–H and O–H groups in total. The number of thiophene rings is 1. The molecule has 0 saturated carbocycles. The summed E-state index contributed by atoms with van der Waals surface area (Å²) >= 11 is 1.69. The molecule has 0 bridgehead atoms. The molecule has 6 heteroatoms. The second-order valence-electron chi connectivity index (χ2n) is 6.49. The van der Waals surface area contributed by atoms with Gasteiger partial charge in [0.05, 0.1) is 6.04 Å². The van der Waals surface area contributed by atoms with Crippen LogP contribution < -0.4 is 10.6 Å². The highest BCUT2D eigenvalue weighted by Crippen LogP contribution is 2.29. The molecule has 0 radical (unpaired) electrons. The highest BCUT2D eigenvalue weighted by Gasteiger charge is 2.26. The molecule has 0 aliphatic carbocycles. The first-order valence-electron chi connectivity index (χ1n) is 9.09. The van der Waals surface area contributed by atoms with Crippen LogP contribution >= 0.6 is 11.3 Å². The van der Waals surface area contributed by atoms with E-state index in [1.54, 1.807) is 11.3 Å². The molecule has 3 rings (SSSR count). The third kappa shape index (κ3) is 4.51. The van der Waals surface area contributed by atoms with Crippen molar-refractivity contribution in [3.8, 4) is 0 Å². The van der Waals surface area contributed by atoms with Crippen molar-refractivity contribution >= 4 is 23.2 Å². The number of nitrogens with one attached hydrogen (secondary N) is 2. The van der Waals surface area contributed by atoms with Gasteiger partial charge < -0.3 is 10.6 Å². The van der Waals surface area contributed by atoms with Crippen LogP contribution in [0.3, 0.4) is 0 Å². The van der Waals surface area contributed by atoms with E-state index in [-0.39, 0.29) is 6.04 Å². The van der Waals surface area contributed by atoms with Gasteiger partial charge in [0.15, 0.2) is 0 Å². The molecule has 26 heavy (non-hydrogen) atoms. The van der Waals surface area contributed by atoms with Gasteiger partial charge in [0.1, 0.15) is 0 Å². The average Bonchev–Trinajstić information content (AvgIpc) is 3.20. The first-order chi connectivity index (χ1) is 12.7. The Labute approximate surface area is 158 Å². The number of rotatable bonds is 6. The topological polar surface area (TPSA) is 61.4 Å². The molecule has 0 fully saturated rings. The summed E-state index contributed by atoms with van der Waals surface area (Å²) in [5, 5.41) is 7.49. The fraction of sp³-hybridized carbons (Fsp3) is 0.400. The molecule has 2 aromatic rings. The van der Waals surface area contributed by atoms with Crippen molar-refractivity contribution in [3.63, 3.8) is 0 Å². The van der Waals surface area contributed by atoms with Crippen LogP contribution in [0.5, 0.6) is 0 Å². The monoisotopic (exact) mass is 371 g/mol. The van der Waals surface area contributed by atoms with Gasteiger partial charge in [-0.05, 0) is 35.4 Å². The van der Waals surface area contributed by atoms with Crippen LogP contribution in [-0.4, -0.2) is 36.3 Å². The van der Waals surface area contributed by atoms with Crippen molar-refractivity contribution in [1.82, 2.24) is 15.5 Å². The molecule has 0 spiro atoms. The number of carbonyl (C=O) groups excluding carboxylic acids is 2. The maximum absolute atomic E-state index is 12.1. The summed E-state index contributed by atoms with van der Waals surface area (Å²) in [4.78, 5) is 27.5. The number of amides is 2. The summed E-state index contributed by atoms with van der Waals surface area (Å²) < 4.78 is 0. The van der Waals surface area contributed by atoms with E-state index in [0.717, 1.165) is 25.9 Å². The molecule has 1 aromatic carbocycles. The van der Waals surface area contributed by atoms with Gasteiger partial charge in [0.25, 0.3) is 0 Å². The molecular formula is C20H25N3O2S. The van der Waals surface area contributed by atoms with Gasteiger partial charge in [-0.2, -0.15) is 0 Å². The zero-order valence-corrected chi connectivity index (χ0v) is 15.8. The summed E-state index contributed by atoms with van der Waals surface area (Å²) in [7, 11) is 0. The van der Waals surface area contributed by atoms with E-state index in [1.165, 1.54) is 16.0 Å². The molecule has 2 amide bonds. The van der Waals surface area contributed by atoms with Crippen molar-refractivity contribution in [2.75, 3.05) is 19.6 Å². The zero-order valence-electron chi connectivity index (χ0n) is 15.0. The van der Waals surface area contributed by atoms with E-state index in [4.69, 9.17) is 0 Å². The second kappa shape index (κ2) is 8.96. The lowest BCUT2D eigenvalue weighted by Crippen LogP contribution is -2.45. The summed E-state index contributed by atoms with van der Waals surface area (Å²) in [6.45, 7) is 4.71. The van der Waals surface area contributed by atoms with Crippen molar-refractivity contribution in [2.24, 2.45) is 0 Å². The highest BCUT2D eigenvalue weighted by molar-refractivity contribution is 7.10. The van der Waals surface area contributed by atoms with E-state index in [0.29, 0.717) is 13.1 Å². The van der Waals surface area contributed by atoms with Crippen LogP contribution in [0.1, 0.15) is 35.4 Å². The third-order valence-electron chi connectivity index (χ3n) is 4.67. The standard InChI is InChI=1S/C20H25N3O2S/c1-2-10-21-19(24)20(25)22-13-17(18-8-5-12-26-18)23-11-9-15-6-3-4-7-16(15)14-23/h3-8,12,17H,2,9-11,13-14H2,1H3,(H,21,24)(H,22,25)/t17-/m1/s1. The maximum Gasteiger partial charge on any atom is 0.309 e. The fourth-order valence-electron chi connectivity index (χ4n) is 3.26. The van der Waals surface area contributed by atoms with Crippen LogP contribution in [0.4, 0.5) is 0 Å². The third-order valence-corrected chi connectivity index (χ3v) is 5.64. The van der Waals surface area contributed by atoms with Crippen molar-refractivity contribution < 1.29 is 9.59 Å². The average molecular weight is 372 g/mol. The minimum atomic E-state index is -0.558. The SMILES string of the molecule is CCCNC(=O)C(=O)NC[C@H](c1cccs1)N1CCc2ccccc2C1. The van der Waals surface area contributed by atoms with Crippen molar-refractivity contribution in [1.29, 1.82) is 0 Å². The van der Waals surface area contributed by atoms with E-state index >= 15 is 0 Å². The van der Waals surface area contributed by atoms with Crippen molar-refractivity contribution in [3.05, 3.63) is 57.8 Å². The van der Waals surface area contributed by atoms with E-state index in [1.807, 2.05) is 13.0 Å². The minimum Gasteiger partial charge on any atom is -0.348 e. The van der Waals surface area contributed by atoms with Crippen LogP contribution in [-0.2, 0) is 22.6 Å². The highest BCUT2D eigenvalue weighted by atomic mass is 32.1. The Balaban J connectivity index is 1.67. The van der Waals surface area contributed by atoms with Gasteiger partial charge in [-0.25, -0.2) is 0 Å². The number of benzene rings is 1. The van der Waals surface area contributed by atoms with Gasteiger partial charge in [0, 0.05) is 31.1 Å². The number of carbonyl (C=O) groups is 2. The molecule has 1 atom stereocenters. The molecule has 2 heterocycles. The van der Waals surface area contributed by atoms with Crippen LogP contribution in [0.25, 0.3) is 0 Å². The number of hydrogen-bond acceptors (Lipinski definition) is 4. The largest absolute Gasteiger partial charge is 0.348 e. The van der Waals surface area contributed by atoms with E-state index in [2.05, 4.69) is 51.2 Å². The Bertz CT molecular complexity index is 745. The first kappa shape index (κ1) is 18.6. The Kier molecular flexibility index (Phi) is 6.41. The molecule has 138 valence electrons. The van der Waals surface area contributed by atoms with Gasteiger partial charge in [-0.1, -0.05) is 37.3 Å². The summed E-state index contributed by atoms with van der Waals surface area (Å²) in [6.07, 6.45) is 1.81. The van der Waals surface area contributed by atoms with Gasteiger partial charge in [-0.3, -0.25) is 14.5 Å². The lowest BCUT2D eigenvalue weighted by atomic mass is 9.98. The molecule has 0 unspecified atom stereocenters. The molecule has 1 aliphatic rings. The Hall–Kier alpha value is -2.18. The maximum atomic E-state index is 12.1. The Morgan fingerprint density at radius 1 is 1.12 bits per heavy atom. The van der Waals surface area contributed by atoms with Gasteiger partial charge in [0.2, 0.25) is 0 Å². The lowest BCUT2D eigenvalue weighted by Gasteiger charge is -2.35. The van der Waals surface area contributed by atoms with Crippen LogP contribution in [0, 0.1) is 0 Å². The number of fused-ring (bicyclic) bond motifs is 1. The fourth-order valence-corrected chi connectivity index (χ4v) is 4.12. The second-order valence-corrected chi connectivity index (χ2v) is 7.47. The molecule has 0 saturated heterocycles. The van der Waals surface area contributed by atoms with E-state index < -0.39 is 11.8 Å². The minimum absolute atomic E-state index is 0.0753. The predicted octanol–water partition coefficient (Wildman–Crippen LogP) is 2.49. The molecule has 5 nitrogen and oxygen atoms in total. The summed E-state index contributed by atoms with van der Waals surface area (Å²) in [5.74, 6) is -1.11. The van der Waals surface area contributed by atoms with Crippen molar-refractivity contribution in [2.45, 2.75) is 32.4 Å². The van der Waals surface area contributed by atoms with Crippen LogP contribution in [0.15, 0.2) is 41.8 Å². The Morgan fingerprint density at radius 3 is 2.62 bits per heavy atom. The number of hydrogen-bond donors (Lipinski definition) is 2. The molecular weight excluding hydrogens is 346 g/mol. The predicted molar refractivity (Wildman–Crippen MR) is 104 cm³/mol. The summed E-state index contributed by atoms with van der Waals surface area (Å²) in [6, 6.07) is 12.7. The van der Waals surface area contributed by atoms with Gasteiger partial charge >= 0.3 is 11.8 Å².